The van der Waals surface area contributed by atoms with Gasteiger partial charge in [0.2, 0.25) is 5.91 Å². The lowest BCUT2D eigenvalue weighted by molar-refractivity contribution is -0.136. The summed E-state index contributed by atoms with van der Waals surface area (Å²) < 4.78 is 0. The van der Waals surface area contributed by atoms with E-state index in [1.165, 1.54) is 5.56 Å². The van der Waals surface area contributed by atoms with Gasteiger partial charge in [0, 0.05) is 36.6 Å². The molecule has 156 valence electrons. The highest BCUT2D eigenvalue weighted by Crippen LogP contribution is 2.42. The van der Waals surface area contributed by atoms with Gasteiger partial charge in [0.25, 0.3) is 0 Å². The van der Waals surface area contributed by atoms with Crippen LogP contribution in [0.15, 0.2) is 24.3 Å². The second-order valence-corrected chi connectivity index (χ2v) is 9.57. The number of carbonyl (C=O) groups is 2. The number of nitrogens with zero attached hydrogens (tertiary/aromatic N) is 1. The molecule has 0 radical (unpaired) electrons. The van der Waals surface area contributed by atoms with Gasteiger partial charge >= 0.3 is 6.03 Å². The Morgan fingerprint density at radius 1 is 1.25 bits per heavy atom. The number of benzene rings is 1. The Labute approximate surface area is 174 Å². The molecule has 1 aliphatic heterocycles. The standard InChI is InChI=1S/C22H34ClN3O2/c1-6-12-24-20(28)25-22(4,5)14-19(27)26-13-11-18(21(2,3)15-26)16-7-9-17(23)10-8-16/h7-10,18H,6,11-15H2,1-5H3,(H2,24,25,28). The van der Waals surface area contributed by atoms with E-state index in [2.05, 4.69) is 36.6 Å². The summed E-state index contributed by atoms with van der Waals surface area (Å²) in [4.78, 5) is 26.8. The van der Waals surface area contributed by atoms with E-state index >= 15 is 0 Å². The molecule has 1 heterocycles. The van der Waals surface area contributed by atoms with Crippen LogP contribution in [0.2, 0.25) is 5.02 Å². The van der Waals surface area contributed by atoms with Gasteiger partial charge in [-0.2, -0.15) is 0 Å². The Hall–Kier alpha value is -1.75. The smallest absolute Gasteiger partial charge is 0.315 e. The number of hydrogen-bond donors (Lipinski definition) is 2. The fourth-order valence-corrected chi connectivity index (χ4v) is 4.13. The van der Waals surface area contributed by atoms with Crippen LogP contribution in [0.1, 0.15) is 65.4 Å². The van der Waals surface area contributed by atoms with Crippen LogP contribution in [0.4, 0.5) is 4.79 Å². The topological polar surface area (TPSA) is 61.4 Å². The van der Waals surface area contributed by atoms with E-state index in [4.69, 9.17) is 11.6 Å². The van der Waals surface area contributed by atoms with Gasteiger partial charge in [0.15, 0.2) is 0 Å². The van der Waals surface area contributed by atoms with Gasteiger partial charge in [0.05, 0.1) is 0 Å². The molecule has 5 nitrogen and oxygen atoms in total. The van der Waals surface area contributed by atoms with Gasteiger partial charge in [-0.3, -0.25) is 4.79 Å². The molecule has 28 heavy (non-hydrogen) atoms. The van der Waals surface area contributed by atoms with Crippen LogP contribution >= 0.6 is 11.6 Å². The Bertz CT molecular complexity index is 686. The molecule has 1 aromatic rings. The lowest BCUT2D eigenvalue weighted by Crippen LogP contribution is -2.53. The minimum absolute atomic E-state index is 0.0299. The van der Waals surface area contributed by atoms with Crippen molar-refractivity contribution in [3.63, 3.8) is 0 Å². The molecule has 1 unspecified atom stereocenters. The summed E-state index contributed by atoms with van der Waals surface area (Å²) in [5.74, 6) is 0.475. The third-order valence-corrected chi connectivity index (χ3v) is 5.69. The summed E-state index contributed by atoms with van der Waals surface area (Å²) >= 11 is 6.02. The van der Waals surface area contributed by atoms with Crippen molar-refractivity contribution in [2.45, 2.75) is 65.3 Å². The molecule has 1 fully saturated rings. The summed E-state index contributed by atoms with van der Waals surface area (Å²) in [6, 6.07) is 7.83. The number of likely N-dealkylation sites (tertiary alicyclic amines) is 1. The normalized spacial score (nSPS) is 19.2. The van der Waals surface area contributed by atoms with Crippen LogP contribution in [0.25, 0.3) is 0 Å². The molecule has 0 saturated carbocycles. The zero-order valence-corrected chi connectivity index (χ0v) is 18.5. The van der Waals surface area contributed by atoms with Crippen molar-refractivity contribution in [2.24, 2.45) is 5.41 Å². The molecule has 0 aliphatic carbocycles. The van der Waals surface area contributed by atoms with E-state index in [0.717, 1.165) is 24.4 Å². The first-order valence-corrected chi connectivity index (χ1v) is 10.5. The summed E-state index contributed by atoms with van der Waals surface area (Å²) in [7, 11) is 0. The van der Waals surface area contributed by atoms with E-state index in [9.17, 15) is 9.59 Å². The van der Waals surface area contributed by atoms with Gasteiger partial charge < -0.3 is 15.5 Å². The van der Waals surface area contributed by atoms with E-state index in [1.54, 1.807) is 0 Å². The second-order valence-electron chi connectivity index (χ2n) is 9.14. The van der Waals surface area contributed by atoms with E-state index in [1.807, 2.05) is 37.8 Å². The fourth-order valence-electron chi connectivity index (χ4n) is 4.01. The van der Waals surface area contributed by atoms with Crippen molar-refractivity contribution in [3.8, 4) is 0 Å². The number of piperidine rings is 1. The number of hydrogen-bond acceptors (Lipinski definition) is 2. The molecule has 0 bridgehead atoms. The number of rotatable bonds is 6. The first-order chi connectivity index (χ1) is 13.0. The molecule has 1 aromatic carbocycles. The van der Waals surface area contributed by atoms with Crippen molar-refractivity contribution < 1.29 is 9.59 Å². The van der Waals surface area contributed by atoms with Crippen LogP contribution in [-0.2, 0) is 4.79 Å². The number of nitrogens with one attached hydrogen (secondary N) is 2. The number of amides is 3. The summed E-state index contributed by atoms with van der Waals surface area (Å²) in [6.45, 7) is 12.3. The molecule has 1 saturated heterocycles. The molecular weight excluding hydrogens is 374 g/mol. The maximum absolute atomic E-state index is 12.9. The van der Waals surface area contributed by atoms with Gasteiger partial charge in [-0.15, -0.1) is 0 Å². The molecular formula is C22H34ClN3O2. The quantitative estimate of drug-likeness (QED) is 0.726. The Morgan fingerprint density at radius 2 is 1.89 bits per heavy atom. The lowest BCUT2D eigenvalue weighted by atomic mass is 9.70. The predicted octanol–water partition coefficient (Wildman–Crippen LogP) is 4.56. The van der Waals surface area contributed by atoms with Crippen molar-refractivity contribution in [3.05, 3.63) is 34.9 Å². The second kappa shape index (κ2) is 9.17. The van der Waals surface area contributed by atoms with Crippen LogP contribution in [0.3, 0.4) is 0 Å². The Kier molecular flexibility index (Phi) is 7.38. The van der Waals surface area contributed by atoms with Crippen LogP contribution in [0, 0.1) is 5.41 Å². The van der Waals surface area contributed by atoms with Crippen LogP contribution in [-0.4, -0.2) is 42.0 Å². The fraction of sp³-hybridized carbons (Fsp3) is 0.636. The van der Waals surface area contributed by atoms with Crippen molar-refractivity contribution in [2.75, 3.05) is 19.6 Å². The highest BCUT2D eigenvalue weighted by atomic mass is 35.5. The first kappa shape index (κ1) is 22.5. The summed E-state index contributed by atoms with van der Waals surface area (Å²) in [5, 5.41) is 6.45. The zero-order valence-electron chi connectivity index (χ0n) is 17.8. The van der Waals surface area contributed by atoms with Crippen LogP contribution < -0.4 is 10.6 Å². The highest BCUT2D eigenvalue weighted by molar-refractivity contribution is 6.30. The predicted molar refractivity (Wildman–Crippen MR) is 115 cm³/mol. The highest BCUT2D eigenvalue weighted by Gasteiger charge is 2.39. The van der Waals surface area contributed by atoms with Crippen molar-refractivity contribution in [1.82, 2.24) is 15.5 Å². The average molecular weight is 408 g/mol. The minimum atomic E-state index is -0.591. The van der Waals surface area contributed by atoms with E-state index in [0.29, 0.717) is 19.0 Å². The van der Waals surface area contributed by atoms with E-state index in [-0.39, 0.29) is 23.8 Å². The zero-order chi connectivity index (χ0) is 20.9. The molecule has 3 amide bonds. The van der Waals surface area contributed by atoms with Crippen LogP contribution in [0.5, 0.6) is 0 Å². The van der Waals surface area contributed by atoms with Gasteiger partial charge in [0.1, 0.15) is 0 Å². The van der Waals surface area contributed by atoms with Gasteiger partial charge in [-0.1, -0.05) is 44.5 Å². The number of urea groups is 1. The molecule has 0 spiro atoms. The SMILES string of the molecule is CCCNC(=O)NC(C)(C)CC(=O)N1CCC(c2ccc(Cl)cc2)C(C)(C)C1. The molecule has 2 N–H and O–H groups in total. The maximum atomic E-state index is 12.9. The molecule has 0 aromatic heterocycles. The Morgan fingerprint density at radius 3 is 2.46 bits per heavy atom. The minimum Gasteiger partial charge on any atom is -0.342 e. The lowest BCUT2D eigenvalue weighted by Gasteiger charge is -2.45. The molecule has 1 aliphatic rings. The van der Waals surface area contributed by atoms with Crippen molar-refractivity contribution in [1.29, 1.82) is 0 Å². The molecule has 1 atom stereocenters. The van der Waals surface area contributed by atoms with Crippen molar-refractivity contribution >= 4 is 23.5 Å². The van der Waals surface area contributed by atoms with Gasteiger partial charge in [-0.25, -0.2) is 4.79 Å². The summed E-state index contributed by atoms with van der Waals surface area (Å²) in [5.41, 5.74) is 0.653. The largest absolute Gasteiger partial charge is 0.342 e. The number of halogens is 1. The monoisotopic (exact) mass is 407 g/mol. The number of carbonyl (C=O) groups excluding carboxylic acids is 2. The van der Waals surface area contributed by atoms with Gasteiger partial charge in [-0.05, 0) is 55.7 Å². The summed E-state index contributed by atoms with van der Waals surface area (Å²) in [6.07, 6.45) is 2.09. The van der Waals surface area contributed by atoms with E-state index < -0.39 is 5.54 Å². The first-order valence-electron chi connectivity index (χ1n) is 10.1. The Balaban J connectivity index is 1.97. The molecule has 2 rings (SSSR count). The average Bonchev–Trinajstić information content (AvgIpc) is 2.59. The maximum Gasteiger partial charge on any atom is 0.315 e. The molecule has 6 heteroatoms. The third kappa shape index (κ3) is 6.13. The third-order valence-electron chi connectivity index (χ3n) is 5.44.